The van der Waals surface area contributed by atoms with E-state index in [-0.39, 0.29) is 11.6 Å². The van der Waals surface area contributed by atoms with Crippen molar-refractivity contribution in [1.82, 2.24) is 30.1 Å². The Bertz CT molecular complexity index is 1420. The highest BCUT2D eigenvalue weighted by Gasteiger charge is 2.33. The minimum absolute atomic E-state index is 0.116. The molecule has 0 bridgehead atoms. The number of ether oxygens (including phenoxy) is 1. The first-order valence-electron chi connectivity index (χ1n) is 12.4. The van der Waals surface area contributed by atoms with Crippen molar-refractivity contribution in [1.29, 1.82) is 0 Å². The third-order valence-electron chi connectivity index (χ3n) is 7.23. The number of tetrazole rings is 1. The first-order chi connectivity index (χ1) is 17.5. The van der Waals surface area contributed by atoms with Crippen molar-refractivity contribution in [2.75, 3.05) is 44.8 Å². The first kappa shape index (κ1) is 24.1. The lowest BCUT2D eigenvalue weighted by Gasteiger charge is -2.40. The van der Waals surface area contributed by atoms with Gasteiger partial charge in [0.05, 0.1) is 13.2 Å². The van der Waals surface area contributed by atoms with Crippen LogP contribution in [-0.2, 0) is 11.3 Å². The molecule has 9 nitrogen and oxygen atoms in total. The van der Waals surface area contributed by atoms with Gasteiger partial charge in [-0.15, -0.1) is 5.10 Å². The van der Waals surface area contributed by atoms with Crippen LogP contribution in [0, 0.1) is 20.8 Å². The zero-order valence-corrected chi connectivity index (χ0v) is 21.4. The predicted molar refractivity (Wildman–Crippen MR) is 141 cm³/mol. The van der Waals surface area contributed by atoms with Crippen molar-refractivity contribution in [2.24, 2.45) is 0 Å². The van der Waals surface area contributed by atoms with Crippen LogP contribution in [0.2, 0.25) is 0 Å². The van der Waals surface area contributed by atoms with Crippen LogP contribution in [0.3, 0.4) is 0 Å². The fourth-order valence-electron chi connectivity index (χ4n) is 5.09. The molecule has 1 aliphatic rings. The van der Waals surface area contributed by atoms with Gasteiger partial charge in [0, 0.05) is 50.1 Å². The van der Waals surface area contributed by atoms with Gasteiger partial charge in [-0.2, -0.15) is 0 Å². The summed E-state index contributed by atoms with van der Waals surface area (Å²) in [4.78, 5) is 21.2. The van der Waals surface area contributed by atoms with Gasteiger partial charge in [0.15, 0.2) is 5.82 Å². The average Bonchev–Trinajstić information content (AvgIpc) is 3.33. The maximum Gasteiger partial charge on any atom is 0.253 e. The Hall–Kier alpha value is -3.56. The Morgan fingerprint density at radius 2 is 1.86 bits per heavy atom. The first-order valence-corrected chi connectivity index (χ1v) is 12.4. The third-order valence-corrected chi connectivity index (χ3v) is 7.23. The van der Waals surface area contributed by atoms with Gasteiger partial charge in [-0.25, -0.2) is 4.68 Å². The molecule has 0 radical (unpaired) electrons. The molecule has 9 heteroatoms. The Balaban J connectivity index is 1.52. The minimum Gasteiger partial charge on any atom is -0.383 e. The van der Waals surface area contributed by atoms with Gasteiger partial charge in [0.1, 0.15) is 6.04 Å². The highest BCUT2D eigenvalue weighted by Crippen LogP contribution is 2.30. The molecule has 0 aliphatic carbocycles. The molecule has 36 heavy (non-hydrogen) atoms. The molecule has 1 saturated heterocycles. The number of H-pyrrole nitrogens is 1. The fraction of sp³-hybridized carbons (Fsp3) is 0.407. The molecule has 0 saturated carbocycles. The third kappa shape index (κ3) is 4.64. The van der Waals surface area contributed by atoms with E-state index in [2.05, 4.69) is 75.3 Å². The summed E-state index contributed by atoms with van der Waals surface area (Å²) in [6.07, 6.45) is 0. The maximum absolute atomic E-state index is 13.4. The molecular weight excluding hydrogens is 454 g/mol. The number of aromatic nitrogens is 5. The summed E-state index contributed by atoms with van der Waals surface area (Å²) in [5.41, 5.74) is 6.39. The summed E-state index contributed by atoms with van der Waals surface area (Å²) >= 11 is 0. The van der Waals surface area contributed by atoms with Crippen molar-refractivity contribution in [3.05, 3.63) is 80.9 Å². The second kappa shape index (κ2) is 10.2. The number of pyridine rings is 1. The summed E-state index contributed by atoms with van der Waals surface area (Å²) < 4.78 is 7.03. The number of rotatable bonds is 7. The van der Waals surface area contributed by atoms with Crippen LogP contribution in [0.15, 0.2) is 47.3 Å². The van der Waals surface area contributed by atoms with Gasteiger partial charge in [0.2, 0.25) is 0 Å². The van der Waals surface area contributed by atoms with Crippen LogP contribution in [0.1, 0.15) is 34.1 Å². The fourth-order valence-corrected chi connectivity index (χ4v) is 5.09. The predicted octanol–water partition coefficient (Wildman–Crippen LogP) is 3.00. The standard InChI is InChI=1S/C27H33N7O2/c1-18-8-9-23-21(16-18)17-22(27(35)28-23)25(26-29-30-31-34(26)14-15-36-4)33-12-10-32(11-13-33)24-7-5-6-19(2)20(24)3/h5-9,16-17,25H,10-15H2,1-4H3,(H,28,35). The second-order valence-electron chi connectivity index (χ2n) is 9.54. The van der Waals surface area contributed by atoms with E-state index in [0.717, 1.165) is 42.6 Å². The SMILES string of the molecule is COCCn1nnnc1C(c1cc2cc(C)ccc2[nH]c1=O)N1CCN(c2cccc(C)c2C)CC1. The van der Waals surface area contributed by atoms with E-state index in [1.54, 1.807) is 11.8 Å². The van der Waals surface area contributed by atoms with Crippen molar-refractivity contribution < 1.29 is 4.74 Å². The lowest BCUT2D eigenvalue weighted by atomic mass is 10.0. The largest absolute Gasteiger partial charge is 0.383 e. The summed E-state index contributed by atoms with van der Waals surface area (Å²) in [5.74, 6) is 0.657. The van der Waals surface area contributed by atoms with Crippen LogP contribution >= 0.6 is 0 Å². The lowest BCUT2D eigenvalue weighted by Crippen LogP contribution is -2.49. The molecule has 2 aromatic carbocycles. The molecule has 0 amide bonds. The smallest absolute Gasteiger partial charge is 0.253 e. The molecule has 1 aliphatic heterocycles. The number of hydrogen-bond donors (Lipinski definition) is 1. The van der Waals surface area contributed by atoms with Crippen LogP contribution in [0.4, 0.5) is 5.69 Å². The van der Waals surface area contributed by atoms with E-state index in [4.69, 9.17) is 4.74 Å². The van der Waals surface area contributed by atoms with Crippen LogP contribution in [-0.4, -0.2) is 70.0 Å². The molecule has 188 valence electrons. The lowest BCUT2D eigenvalue weighted by molar-refractivity contribution is 0.171. The molecule has 0 spiro atoms. The summed E-state index contributed by atoms with van der Waals surface area (Å²) in [6.45, 7) is 10.6. The highest BCUT2D eigenvalue weighted by molar-refractivity contribution is 5.79. The van der Waals surface area contributed by atoms with E-state index in [1.165, 1.54) is 16.8 Å². The molecule has 2 aromatic heterocycles. The van der Waals surface area contributed by atoms with Gasteiger partial charge in [-0.1, -0.05) is 23.8 Å². The zero-order valence-electron chi connectivity index (χ0n) is 21.4. The molecule has 1 fully saturated rings. The van der Waals surface area contributed by atoms with Crippen molar-refractivity contribution >= 4 is 16.6 Å². The average molecular weight is 488 g/mol. The van der Waals surface area contributed by atoms with Gasteiger partial charge in [-0.3, -0.25) is 9.69 Å². The minimum atomic E-state index is -0.369. The number of anilines is 1. The van der Waals surface area contributed by atoms with Gasteiger partial charge in [-0.05, 0) is 72.0 Å². The number of aryl methyl sites for hydroxylation is 2. The molecule has 4 aromatic rings. The summed E-state index contributed by atoms with van der Waals surface area (Å²) in [6, 6.07) is 14.1. The topological polar surface area (TPSA) is 92.2 Å². The Kier molecular flexibility index (Phi) is 6.84. The molecule has 1 unspecified atom stereocenters. The van der Waals surface area contributed by atoms with Crippen LogP contribution in [0.25, 0.3) is 10.9 Å². The van der Waals surface area contributed by atoms with E-state index < -0.39 is 0 Å². The van der Waals surface area contributed by atoms with Gasteiger partial charge in [0.25, 0.3) is 5.56 Å². The number of methoxy groups -OCH3 is 1. The molecule has 1 N–H and O–H groups in total. The van der Waals surface area contributed by atoms with E-state index >= 15 is 0 Å². The number of nitrogens with zero attached hydrogens (tertiary/aromatic N) is 6. The Labute approximate surface area is 210 Å². The maximum atomic E-state index is 13.4. The monoisotopic (exact) mass is 487 g/mol. The van der Waals surface area contributed by atoms with Crippen LogP contribution < -0.4 is 10.5 Å². The zero-order chi connectivity index (χ0) is 25.2. The number of aromatic amines is 1. The number of hydrogen-bond acceptors (Lipinski definition) is 7. The van der Waals surface area contributed by atoms with E-state index in [9.17, 15) is 4.79 Å². The highest BCUT2D eigenvalue weighted by atomic mass is 16.5. The summed E-state index contributed by atoms with van der Waals surface area (Å²) in [7, 11) is 1.66. The molecular formula is C27H33N7O2. The van der Waals surface area contributed by atoms with Crippen molar-refractivity contribution in [3.63, 3.8) is 0 Å². The molecule has 3 heterocycles. The quantitative estimate of drug-likeness (QED) is 0.428. The normalized spacial score (nSPS) is 15.5. The van der Waals surface area contributed by atoms with E-state index in [0.29, 0.717) is 24.5 Å². The van der Waals surface area contributed by atoms with Gasteiger partial charge >= 0.3 is 0 Å². The number of nitrogens with one attached hydrogen (secondary N) is 1. The number of benzene rings is 2. The Morgan fingerprint density at radius 3 is 2.64 bits per heavy atom. The van der Waals surface area contributed by atoms with Crippen molar-refractivity contribution in [2.45, 2.75) is 33.4 Å². The number of fused-ring (bicyclic) bond motifs is 1. The van der Waals surface area contributed by atoms with Crippen LogP contribution in [0.5, 0.6) is 0 Å². The van der Waals surface area contributed by atoms with E-state index in [1.807, 2.05) is 18.2 Å². The molecule has 1 atom stereocenters. The number of piperazine rings is 1. The van der Waals surface area contributed by atoms with Gasteiger partial charge < -0.3 is 14.6 Å². The Morgan fingerprint density at radius 1 is 1.06 bits per heavy atom. The molecule has 5 rings (SSSR count). The van der Waals surface area contributed by atoms with Crippen molar-refractivity contribution in [3.8, 4) is 0 Å². The second-order valence-corrected chi connectivity index (χ2v) is 9.54. The summed E-state index contributed by atoms with van der Waals surface area (Å²) in [5, 5.41) is 13.6.